The predicted molar refractivity (Wildman–Crippen MR) is 98.0 cm³/mol. The normalized spacial score (nSPS) is 14.6. The molecule has 29 heavy (non-hydrogen) atoms. The molecule has 0 bridgehead atoms. The van der Waals surface area contributed by atoms with Crippen molar-refractivity contribution in [3.8, 4) is 17.2 Å². The average Bonchev–Trinajstić information content (AvgIpc) is 3.03. The van der Waals surface area contributed by atoms with Crippen LogP contribution in [0.5, 0.6) is 17.2 Å². The number of aliphatic imine (C=N–C) groups is 1. The average molecular weight is 403 g/mol. The number of halogens is 2. The Morgan fingerprint density at radius 2 is 1.97 bits per heavy atom. The number of alkyl halides is 2. The van der Waals surface area contributed by atoms with Gasteiger partial charge in [0.05, 0.1) is 7.11 Å². The first-order chi connectivity index (χ1) is 13.9. The highest BCUT2D eigenvalue weighted by molar-refractivity contribution is 6.13. The van der Waals surface area contributed by atoms with Gasteiger partial charge in [-0.2, -0.15) is 8.78 Å². The molecule has 0 spiro atoms. The maximum absolute atomic E-state index is 12.4. The van der Waals surface area contributed by atoms with E-state index in [1.807, 2.05) is 0 Å². The molecule has 2 aromatic carbocycles. The van der Waals surface area contributed by atoms with Crippen molar-refractivity contribution in [2.24, 2.45) is 4.99 Å². The molecular weight excluding hydrogens is 388 g/mol. The van der Waals surface area contributed by atoms with Crippen molar-refractivity contribution in [2.75, 3.05) is 7.11 Å². The summed E-state index contributed by atoms with van der Waals surface area (Å²) in [6, 6.07) is 10.3. The Morgan fingerprint density at radius 3 is 2.66 bits per heavy atom. The lowest BCUT2D eigenvalue weighted by Crippen LogP contribution is -2.07. The number of carbonyl (C=O) groups excluding carboxylic acids is 2. The van der Waals surface area contributed by atoms with Gasteiger partial charge in [-0.05, 0) is 42.0 Å². The highest BCUT2D eigenvalue weighted by Crippen LogP contribution is 2.30. The van der Waals surface area contributed by atoms with E-state index in [2.05, 4.69) is 9.73 Å². The molecule has 0 aromatic heterocycles. The molecule has 150 valence electrons. The smallest absolute Gasteiger partial charge is 0.387 e. The minimum atomic E-state index is -2.97. The maximum atomic E-state index is 12.4. The molecule has 3 rings (SSSR count). The zero-order valence-corrected chi connectivity index (χ0v) is 15.3. The van der Waals surface area contributed by atoms with Crippen LogP contribution in [0.4, 0.5) is 8.78 Å². The van der Waals surface area contributed by atoms with Gasteiger partial charge in [0.25, 0.3) is 0 Å². The first kappa shape index (κ1) is 20.0. The van der Waals surface area contributed by atoms with Crippen LogP contribution in [0, 0.1) is 0 Å². The molecule has 1 heterocycles. The summed E-state index contributed by atoms with van der Waals surface area (Å²) in [5.41, 5.74) is 0.856. The number of esters is 2. The molecule has 0 amide bonds. The summed E-state index contributed by atoms with van der Waals surface area (Å²) in [4.78, 5) is 27.4. The number of cyclic esters (lactones) is 1. The minimum Gasteiger partial charge on any atom is -0.493 e. The van der Waals surface area contributed by atoms with Crippen molar-refractivity contribution in [1.82, 2.24) is 0 Å². The number of benzene rings is 2. The zero-order valence-electron chi connectivity index (χ0n) is 15.3. The lowest BCUT2D eigenvalue weighted by atomic mass is 10.1. The largest absolute Gasteiger partial charge is 0.493 e. The van der Waals surface area contributed by atoms with Crippen molar-refractivity contribution in [3.05, 3.63) is 59.3 Å². The summed E-state index contributed by atoms with van der Waals surface area (Å²) >= 11 is 0. The molecular formula is C20H15F2NO6. The number of methoxy groups -OCH3 is 1. The molecule has 0 radical (unpaired) electrons. The molecule has 0 unspecified atom stereocenters. The molecule has 0 aliphatic carbocycles. The van der Waals surface area contributed by atoms with Gasteiger partial charge in [-0.15, -0.1) is 0 Å². The number of hydrogen-bond acceptors (Lipinski definition) is 7. The van der Waals surface area contributed by atoms with E-state index in [0.29, 0.717) is 16.9 Å². The van der Waals surface area contributed by atoms with Crippen LogP contribution in [-0.2, 0) is 14.3 Å². The molecule has 9 heteroatoms. The van der Waals surface area contributed by atoms with Gasteiger partial charge in [-0.3, -0.25) is 4.79 Å². The Bertz CT molecular complexity index is 1020. The highest BCUT2D eigenvalue weighted by atomic mass is 19.3. The number of hydrogen-bond donors (Lipinski definition) is 0. The van der Waals surface area contributed by atoms with Crippen LogP contribution in [0.1, 0.15) is 18.1 Å². The Balaban J connectivity index is 1.88. The Kier molecular flexibility index (Phi) is 5.87. The summed E-state index contributed by atoms with van der Waals surface area (Å²) in [6.45, 7) is -1.71. The molecule has 0 fully saturated rings. The van der Waals surface area contributed by atoms with Crippen LogP contribution < -0.4 is 14.2 Å². The SMILES string of the molecule is COc1cc(/C=C2\N=C(c3cccc(OC(F)F)c3)OC2=O)ccc1OC(C)=O. The summed E-state index contributed by atoms with van der Waals surface area (Å²) in [5, 5.41) is 0. The highest BCUT2D eigenvalue weighted by Gasteiger charge is 2.25. The summed E-state index contributed by atoms with van der Waals surface area (Å²) in [6.07, 6.45) is 1.45. The van der Waals surface area contributed by atoms with E-state index in [0.717, 1.165) is 0 Å². The third-order valence-corrected chi connectivity index (χ3v) is 3.67. The molecule has 1 aliphatic rings. The standard InChI is InChI=1S/C20H15F2NO6/c1-11(24)27-16-7-6-12(9-17(16)26-2)8-15-19(25)29-18(23-15)13-4-3-5-14(10-13)28-20(21)22/h3-10,20H,1-2H3/b15-8-. The van der Waals surface area contributed by atoms with Crippen LogP contribution in [0.2, 0.25) is 0 Å². The third kappa shape index (κ3) is 4.95. The fourth-order valence-corrected chi connectivity index (χ4v) is 2.51. The van der Waals surface area contributed by atoms with Gasteiger partial charge in [0, 0.05) is 12.5 Å². The third-order valence-electron chi connectivity index (χ3n) is 3.67. The van der Waals surface area contributed by atoms with E-state index in [9.17, 15) is 18.4 Å². The Morgan fingerprint density at radius 1 is 1.17 bits per heavy atom. The van der Waals surface area contributed by atoms with Crippen LogP contribution in [0.15, 0.2) is 53.2 Å². The maximum Gasteiger partial charge on any atom is 0.387 e. The predicted octanol–water partition coefficient (Wildman–Crippen LogP) is 3.57. The molecule has 0 atom stereocenters. The van der Waals surface area contributed by atoms with Crippen LogP contribution in [0.25, 0.3) is 6.08 Å². The van der Waals surface area contributed by atoms with E-state index in [-0.39, 0.29) is 23.1 Å². The van der Waals surface area contributed by atoms with E-state index < -0.39 is 18.6 Å². The van der Waals surface area contributed by atoms with E-state index in [1.54, 1.807) is 18.2 Å². The van der Waals surface area contributed by atoms with Crippen molar-refractivity contribution < 1.29 is 37.3 Å². The van der Waals surface area contributed by atoms with Crippen LogP contribution in [0.3, 0.4) is 0 Å². The molecule has 2 aromatic rings. The van der Waals surface area contributed by atoms with Crippen molar-refractivity contribution in [2.45, 2.75) is 13.5 Å². The number of ether oxygens (including phenoxy) is 4. The lowest BCUT2D eigenvalue weighted by molar-refractivity contribution is -0.132. The second-order valence-corrected chi connectivity index (χ2v) is 5.75. The molecule has 0 saturated heterocycles. The molecule has 0 saturated carbocycles. The van der Waals surface area contributed by atoms with Gasteiger partial charge >= 0.3 is 18.6 Å². The van der Waals surface area contributed by atoms with E-state index in [4.69, 9.17) is 14.2 Å². The second kappa shape index (κ2) is 8.51. The van der Waals surface area contributed by atoms with Gasteiger partial charge in [-0.1, -0.05) is 12.1 Å². The second-order valence-electron chi connectivity index (χ2n) is 5.75. The Labute approximate surface area is 164 Å². The van der Waals surface area contributed by atoms with Crippen LogP contribution >= 0.6 is 0 Å². The summed E-state index contributed by atoms with van der Waals surface area (Å²) < 4.78 is 44.4. The van der Waals surface area contributed by atoms with Gasteiger partial charge in [0.2, 0.25) is 5.90 Å². The van der Waals surface area contributed by atoms with Crippen molar-refractivity contribution >= 4 is 23.9 Å². The van der Waals surface area contributed by atoms with Crippen LogP contribution in [-0.4, -0.2) is 31.6 Å². The fourth-order valence-electron chi connectivity index (χ4n) is 2.51. The minimum absolute atomic E-state index is 0.00229. The van der Waals surface area contributed by atoms with E-state index >= 15 is 0 Å². The quantitative estimate of drug-likeness (QED) is 0.417. The van der Waals surface area contributed by atoms with Gasteiger partial charge in [0.1, 0.15) is 5.75 Å². The van der Waals surface area contributed by atoms with Crippen molar-refractivity contribution in [3.63, 3.8) is 0 Å². The summed E-state index contributed by atoms with van der Waals surface area (Å²) in [5.74, 6) is -0.800. The topological polar surface area (TPSA) is 83.4 Å². The first-order valence-corrected chi connectivity index (χ1v) is 8.30. The molecule has 0 N–H and O–H groups in total. The van der Waals surface area contributed by atoms with E-state index in [1.165, 1.54) is 44.4 Å². The lowest BCUT2D eigenvalue weighted by Gasteiger charge is -2.08. The number of carbonyl (C=O) groups is 2. The first-order valence-electron chi connectivity index (χ1n) is 8.30. The van der Waals surface area contributed by atoms with Gasteiger partial charge in [0.15, 0.2) is 17.2 Å². The van der Waals surface area contributed by atoms with Gasteiger partial charge in [-0.25, -0.2) is 9.79 Å². The fraction of sp³-hybridized carbons (Fsp3) is 0.150. The molecule has 7 nitrogen and oxygen atoms in total. The number of rotatable bonds is 6. The summed E-state index contributed by atoms with van der Waals surface area (Å²) in [7, 11) is 1.41. The Hall–Kier alpha value is -3.75. The molecule has 1 aliphatic heterocycles. The number of nitrogens with zero attached hydrogens (tertiary/aromatic N) is 1. The monoisotopic (exact) mass is 403 g/mol. The zero-order chi connectivity index (χ0) is 21.0. The van der Waals surface area contributed by atoms with Crippen molar-refractivity contribution in [1.29, 1.82) is 0 Å². The van der Waals surface area contributed by atoms with Gasteiger partial charge < -0.3 is 18.9 Å².